The molecule has 1 fully saturated rings. The van der Waals surface area contributed by atoms with Gasteiger partial charge in [0.05, 0.1) is 0 Å². The summed E-state index contributed by atoms with van der Waals surface area (Å²) in [6.07, 6.45) is 12.0. The molecule has 4 heteroatoms. The fourth-order valence-corrected chi connectivity index (χ4v) is 4.72. The van der Waals surface area contributed by atoms with Crippen LogP contribution in [-0.4, -0.2) is 0 Å². The summed E-state index contributed by atoms with van der Waals surface area (Å²) in [7, 11) is 0. The largest absolute Gasteiger partial charge is 0.203 e. The van der Waals surface area contributed by atoms with E-state index in [-0.39, 0.29) is 22.6 Å². The Morgan fingerprint density at radius 2 is 1.42 bits per heavy atom. The van der Waals surface area contributed by atoms with E-state index in [0.29, 0.717) is 17.9 Å². The van der Waals surface area contributed by atoms with Crippen LogP contribution in [0.15, 0.2) is 36.4 Å². The molecule has 0 atom stereocenters. The van der Waals surface area contributed by atoms with E-state index >= 15 is 0 Å². The van der Waals surface area contributed by atoms with Crippen LogP contribution in [-0.2, 0) is 6.42 Å². The summed E-state index contributed by atoms with van der Waals surface area (Å²) in [6, 6.07) is 5.80. The molecule has 2 aromatic rings. The van der Waals surface area contributed by atoms with Gasteiger partial charge in [0.15, 0.2) is 23.3 Å². The van der Waals surface area contributed by atoms with Gasteiger partial charge < -0.3 is 0 Å². The summed E-state index contributed by atoms with van der Waals surface area (Å²) >= 11 is 0. The second-order valence-electron chi connectivity index (χ2n) is 8.68. The van der Waals surface area contributed by atoms with Crippen molar-refractivity contribution in [2.24, 2.45) is 5.92 Å². The van der Waals surface area contributed by atoms with Crippen LogP contribution in [0, 0.1) is 29.2 Å². The predicted octanol–water partition coefficient (Wildman–Crippen LogP) is 8.88. The highest BCUT2D eigenvalue weighted by molar-refractivity contribution is 5.66. The molecule has 168 valence electrons. The van der Waals surface area contributed by atoms with Gasteiger partial charge in [0, 0.05) is 11.1 Å². The Bertz CT molecular complexity index is 908. The summed E-state index contributed by atoms with van der Waals surface area (Å²) in [5.74, 6) is -3.65. The Kier molecular flexibility index (Phi) is 8.34. The second kappa shape index (κ2) is 11.0. The normalized spacial score (nSPS) is 19.3. The van der Waals surface area contributed by atoms with Gasteiger partial charge in [0.2, 0.25) is 0 Å². The van der Waals surface area contributed by atoms with E-state index in [4.69, 9.17) is 0 Å². The molecular formula is C27H32F4. The van der Waals surface area contributed by atoms with Gasteiger partial charge in [0.25, 0.3) is 0 Å². The highest BCUT2D eigenvalue weighted by Crippen LogP contribution is 2.39. The van der Waals surface area contributed by atoms with Gasteiger partial charge in [-0.05, 0) is 68.4 Å². The van der Waals surface area contributed by atoms with Crippen molar-refractivity contribution in [3.05, 3.63) is 70.8 Å². The summed E-state index contributed by atoms with van der Waals surface area (Å²) in [4.78, 5) is 0. The van der Waals surface area contributed by atoms with Gasteiger partial charge in [-0.1, -0.05) is 62.6 Å². The fraction of sp³-hybridized carbons (Fsp3) is 0.481. The van der Waals surface area contributed by atoms with Crippen molar-refractivity contribution < 1.29 is 17.6 Å². The van der Waals surface area contributed by atoms with Crippen molar-refractivity contribution in [2.45, 2.75) is 77.6 Å². The second-order valence-corrected chi connectivity index (χ2v) is 8.68. The van der Waals surface area contributed by atoms with Gasteiger partial charge in [0.1, 0.15) is 0 Å². The summed E-state index contributed by atoms with van der Waals surface area (Å²) < 4.78 is 59.1. The standard InChI is InChI=1S/C27H32F4/c1-3-5-6-7-9-20-14-15-22(26(30)24(20)28)23-17-16-21(25(29)27(23)31)19-12-10-18(8-4-2)11-13-19/h4,8,14-19H,3,5-7,9-13H2,1-2H3. The van der Waals surface area contributed by atoms with Crippen molar-refractivity contribution in [1.82, 2.24) is 0 Å². The van der Waals surface area contributed by atoms with Gasteiger partial charge in [-0.25, -0.2) is 17.6 Å². The first-order chi connectivity index (χ1) is 15.0. The van der Waals surface area contributed by atoms with Crippen LogP contribution in [0.25, 0.3) is 11.1 Å². The minimum atomic E-state index is -1.11. The lowest BCUT2D eigenvalue weighted by Gasteiger charge is -2.27. The SMILES string of the molecule is CC=CC1CCC(c2ccc(-c3ccc(CCCCCC)c(F)c3F)c(F)c2F)CC1. The van der Waals surface area contributed by atoms with Crippen LogP contribution in [0.1, 0.15) is 82.3 Å². The van der Waals surface area contributed by atoms with Crippen molar-refractivity contribution in [3.63, 3.8) is 0 Å². The monoisotopic (exact) mass is 432 g/mol. The number of benzene rings is 2. The van der Waals surface area contributed by atoms with E-state index < -0.39 is 23.3 Å². The summed E-state index contributed by atoms with van der Waals surface area (Å²) in [5, 5.41) is 0. The molecule has 0 aromatic heterocycles. The molecule has 2 aromatic carbocycles. The van der Waals surface area contributed by atoms with E-state index in [1.54, 1.807) is 6.07 Å². The first-order valence-electron chi connectivity index (χ1n) is 11.6. The Morgan fingerprint density at radius 3 is 2.06 bits per heavy atom. The minimum Gasteiger partial charge on any atom is -0.203 e. The van der Waals surface area contributed by atoms with E-state index in [1.165, 1.54) is 18.2 Å². The Hall–Kier alpha value is -2.10. The van der Waals surface area contributed by atoms with Gasteiger partial charge >= 0.3 is 0 Å². The third kappa shape index (κ3) is 5.39. The first kappa shape index (κ1) is 23.6. The molecule has 0 saturated heterocycles. The topological polar surface area (TPSA) is 0 Å². The number of unbranched alkanes of at least 4 members (excludes halogenated alkanes) is 3. The number of hydrogen-bond acceptors (Lipinski definition) is 0. The van der Waals surface area contributed by atoms with Gasteiger partial charge in [-0.3, -0.25) is 0 Å². The van der Waals surface area contributed by atoms with Gasteiger partial charge in [-0.2, -0.15) is 0 Å². The zero-order valence-electron chi connectivity index (χ0n) is 18.5. The summed E-state index contributed by atoms with van der Waals surface area (Å²) in [5.41, 5.74) is 0.175. The lowest BCUT2D eigenvalue weighted by molar-refractivity contribution is 0.364. The maximum Gasteiger partial charge on any atom is 0.167 e. The number of allylic oxidation sites excluding steroid dienone is 2. The first-order valence-corrected chi connectivity index (χ1v) is 11.6. The van der Waals surface area contributed by atoms with Crippen LogP contribution >= 0.6 is 0 Å². The van der Waals surface area contributed by atoms with Crippen molar-refractivity contribution in [3.8, 4) is 11.1 Å². The average molecular weight is 433 g/mol. The Balaban J connectivity index is 1.81. The van der Waals surface area contributed by atoms with Gasteiger partial charge in [-0.15, -0.1) is 0 Å². The van der Waals surface area contributed by atoms with Crippen LogP contribution < -0.4 is 0 Å². The van der Waals surface area contributed by atoms with Crippen molar-refractivity contribution in [1.29, 1.82) is 0 Å². The van der Waals surface area contributed by atoms with Crippen LogP contribution in [0.3, 0.4) is 0 Å². The third-order valence-electron chi connectivity index (χ3n) is 6.54. The number of halogens is 4. The number of aryl methyl sites for hydroxylation is 1. The molecule has 0 aliphatic heterocycles. The van der Waals surface area contributed by atoms with Crippen molar-refractivity contribution >= 4 is 0 Å². The average Bonchev–Trinajstić information content (AvgIpc) is 2.77. The molecule has 0 bridgehead atoms. The molecule has 1 aliphatic carbocycles. The Labute approximate surface area is 183 Å². The molecule has 31 heavy (non-hydrogen) atoms. The zero-order chi connectivity index (χ0) is 22.4. The van der Waals surface area contributed by atoms with E-state index in [9.17, 15) is 17.6 Å². The highest BCUT2D eigenvalue weighted by atomic mass is 19.2. The zero-order valence-corrected chi connectivity index (χ0v) is 18.5. The van der Waals surface area contributed by atoms with E-state index in [2.05, 4.69) is 13.0 Å². The molecular weight excluding hydrogens is 400 g/mol. The van der Waals surface area contributed by atoms with Crippen molar-refractivity contribution in [2.75, 3.05) is 0 Å². The Morgan fingerprint density at radius 1 is 0.774 bits per heavy atom. The van der Waals surface area contributed by atoms with Crippen LogP contribution in [0.5, 0.6) is 0 Å². The molecule has 1 aliphatic rings. The third-order valence-corrected chi connectivity index (χ3v) is 6.54. The maximum absolute atomic E-state index is 14.9. The van der Waals surface area contributed by atoms with E-state index in [1.807, 2.05) is 13.0 Å². The molecule has 0 N–H and O–H groups in total. The molecule has 0 unspecified atom stereocenters. The van der Waals surface area contributed by atoms with Crippen LogP contribution in [0.2, 0.25) is 0 Å². The fourth-order valence-electron chi connectivity index (χ4n) is 4.72. The minimum absolute atomic E-state index is 0.0443. The van der Waals surface area contributed by atoms with Crippen LogP contribution in [0.4, 0.5) is 17.6 Å². The molecule has 0 nitrogen and oxygen atoms in total. The quantitative estimate of drug-likeness (QED) is 0.222. The smallest absolute Gasteiger partial charge is 0.167 e. The molecule has 0 amide bonds. The number of rotatable bonds is 8. The summed E-state index contributed by atoms with van der Waals surface area (Å²) in [6.45, 7) is 4.07. The lowest BCUT2D eigenvalue weighted by atomic mass is 9.78. The highest BCUT2D eigenvalue weighted by Gasteiger charge is 2.26. The molecule has 0 radical (unpaired) electrons. The molecule has 0 heterocycles. The maximum atomic E-state index is 14.9. The molecule has 3 rings (SSSR count). The predicted molar refractivity (Wildman–Crippen MR) is 119 cm³/mol. The van der Waals surface area contributed by atoms with E-state index in [0.717, 1.165) is 51.4 Å². The lowest BCUT2D eigenvalue weighted by Crippen LogP contribution is -2.13. The molecule has 1 saturated carbocycles. The molecule has 0 spiro atoms. The number of hydrogen-bond donors (Lipinski definition) is 0.